The molecule has 0 atom stereocenters. The Labute approximate surface area is 99.1 Å². The van der Waals surface area contributed by atoms with Crippen LogP contribution < -0.4 is 0 Å². The zero-order valence-corrected chi connectivity index (χ0v) is 9.46. The van der Waals surface area contributed by atoms with Crippen molar-refractivity contribution in [1.82, 2.24) is 0 Å². The van der Waals surface area contributed by atoms with E-state index in [0.717, 1.165) is 17.5 Å². The van der Waals surface area contributed by atoms with Crippen molar-refractivity contribution in [2.45, 2.75) is 19.3 Å². The van der Waals surface area contributed by atoms with Crippen LogP contribution in [0.15, 0.2) is 18.2 Å². The van der Waals surface area contributed by atoms with Crippen molar-refractivity contribution < 1.29 is 13.9 Å². The molecule has 0 unspecified atom stereocenters. The molecule has 1 aromatic carbocycles. The standard InChI is InChI=1S/C14H13FO2/c15-12-3-1-10(9-5-7-17-8-6-9)11-2-4-13(16)14(11)12/h1,3,5H,2,4,6-8H2. The number of fused-ring (bicyclic) bond motifs is 1. The van der Waals surface area contributed by atoms with Crippen molar-refractivity contribution in [2.24, 2.45) is 0 Å². The molecule has 0 saturated heterocycles. The van der Waals surface area contributed by atoms with Gasteiger partial charge in [-0.1, -0.05) is 12.1 Å². The fourth-order valence-corrected chi connectivity index (χ4v) is 2.62. The summed E-state index contributed by atoms with van der Waals surface area (Å²) in [6, 6.07) is 3.21. The van der Waals surface area contributed by atoms with E-state index in [9.17, 15) is 9.18 Å². The third-order valence-electron chi connectivity index (χ3n) is 3.45. The summed E-state index contributed by atoms with van der Waals surface area (Å²) in [4.78, 5) is 11.6. The first-order valence-corrected chi connectivity index (χ1v) is 5.89. The summed E-state index contributed by atoms with van der Waals surface area (Å²) in [6.45, 7) is 1.31. The lowest BCUT2D eigenvalue weighted by molar-refractivity contribution is 0.0991. The Balaban J connectivity index is 2.13. The number of halogens is 1. The van der Waals surface area contributed by atoms with E-state index in [4.69, 9.17) is 4.74 Å². The number of benzene rings is 1. The average Bonchev–Trinajstić information content (AvgIpc) is 2.74. The van der Waals surface area contributed by atoms with E-state index >= 15 is 0 Å². The molecule has 17 heavy (non-hydrogen) atoms. The maximum Gasteiger partial charge on any atom is 0.166 e. The maximum absolute atomic E-state index is 13.6. The van der Waals surface area contributed by atoms with Crippen molar-refractivity contribution in [3.63, 3.8) is 0 Å². The zero-order valence-electron chi connectivity index (χ0n) is 9.46. The lowest BCUT2D eigenvalue weighted by atomic mass is 9.94. The van der Waals surface area contributed by atoms with Crippen LogP contribution in [-0.2, 0) is 11.2 Å². The van der Waals surface area contributed by atoms with Crippen LogP contribution in [0.25, 0.3) is 5.57 Å². The van der Waals surface area contributed by atoms with E-state index in [0.29, 0.717) is 31.6 Å². The van der Waals surface area contributed by atoms with Gasteiger partial charge in [-0.3, -0.25) is 4.79 Å². The fourth-order valence-electron chi connectivity index (χ4n) is 2.62. The summed E-state index contributed by atoms with van der Waals surface area (Å²) < 4.78 is 18.9. The number of carbonyl (C=O) groups excluding carboxylic acids is 1. The van der Waals surface area contributed by atoms with Gasteiger partial charge in [-0.2, -0.15) is 0 Å². The number of Topliss-reactive ketones (excluding diaryl/α,β-unsaturated/α-hetero) is 1. The molecule has 1 aliphatic heterocycles. The van der Waals surface area contributed by atoms with Crippen LogP contribution in [0.2, 0.25) is 0 Å². The minimum absolute atomic E-state index is 0.0630. The van der Waals surface area contributed by atoms with Gasteiger partial charge >= 0.3 is 0 Å². The molecule has 0 saturated carbocycles. The summed E-state index contributed by atoms with van der Waals surface area (Å²) in [5.41, 5.74) is 3.43. The van der Waals surface area contributed by atoms with Crippen molar-refractivity contribution in [2.75, 3.05) is 13.2 Å². The van der Waals surface area contributed by atoms with Gasteiger partial charge in [0.25, 0.3) is 0 Å². The first-order valence-electron chi connectivity index (χ1n) is 5.89. The highest BCUT2D eigenvalue weighted by molar-refractivity contribution is 6.02. The lowest BCUT2D eigenvalue weighted by Gasteiger charge is -2.16. The van der Waals surface area contributed by atoms with Gasteiger partial charge in [0.2, 0.25) is 0 Å². The van der Waals surface area contributed by atoms with Gasteiger partial charge in [0, 0.05) is 6.42 Å². The highest BCUT2D eigenvalue weighted by Crippen LogP contribution is 2.33. The first-order chi connectivity index (χ1) is 8.27. The molecule has 0 N–H and O–H groups in total. The minimum atomic E-state index is -0.376. The molecule has 0 aromatic heterocycles. The van der Waals surface area contributed by atoms with Crippen molar-refractivity contribution in [3.8, 4) is 0 Å². The third-order valence-corrected chi connectivity index (χ3v) is 3.45. The summed E-state index contributed by atoms with van der Waals surface area (Å²) in [7, 11) is 0. The van der Waals surface area contributed by atoms with Gasteiger partial charge < -0.3 is 4.74 Å². The largest absolute Gasteiger partial charge is 0.377 e. The third kappa shape index (κ3) is 1.71. The Morgan fingerprint density at radius 2 is 2.06 bits per heavy atom. The van der Waals surface area contributed by atoms with Crippen LogP contribution in [0.3, 0.4) is 0 Å². The SMILES string of the molecule is O=C1CCc2c(C3=CCOCC3)ccc(F)c21. The molecule has 2 aliphatic rings. The normalized spacial score (nSPS) is 19.1. The maximum atomic E-state index is 13.6. The van der Waals surface area contributed by atoms with Crippen molar-refractivity contribution in [3.05, 3.63) is 40.7 Å². The molecule has 1 aliphatic carbocycles. The topological polar surface area (TPSA) is 26.3 Å². The molecule has 0 spiro atoms. The second-order valence-corrected chi connectivity index (χ2v) is 4.43. The quantitative estimate of drug-likeness (QED) is 0.744. The molecule has 1 heterocycles. The summed E-state index contributed by atoms with van der Waals surface area (Å²) in [5.74, 6) is -0.439. The average molecular weight is 232 g/mol. The first kappa shape index (κ1) is 10.7. The van der Waals surface area contributed by atoms with Crippen LogP contribution in [0, 0.1) is 5.82 Å². The fraction of sp³-hybridized carbons (Fsp3) is 0.357. The highest BCUT2D eigenvalue weighted by Gasteiger charge is 2.27. The highest BCUT2D eigenvalue weighted by atomic mass is 19.1. The monoisotopic (exact) mass is 232 g/mol. The Morgan fingerprint density at radius 3 is 2.82 bits per heavy atom. The Hall–Kier alpha value is -1.48. The molecule has 0 fully saturated rings. The van der Waals surface area contributed by atoms with Gasteiger partial charge in [-0.25, -0.2) is 4.39 Å². The molecule has 3 heteroatoms. The van der Waals surface area contributed by atoms with Gasteiger partial charge in [0.15, 0.2) is 5.78 Å². The Morgan fingerprint density at radius 1 is 1.18 bits per heavy atom. The number of carbonyl (C=O) groups is 1. The molecule has 2 nitrogen and oxygen atoms in total. The molecule has 88 valence electrons. The van der Waals surface area contributed by atoms with Crippen LogP contribution in [0.1, 0.15) is 34.3 Å². The smallest absolute Gasteiger partial charge is 0.166 e. The van der Waals surface area contributed by atoms with Crippen molar-refractivity contribution in [1.29, 1.82) is 0 Å². The van der Waals surface area contributed by atoms with E-state index in [1.807, 2.05) is 6.08 Å². The second-order valence-electron chi connectivity index (χ2n) is 4.43. The van der Waals surface area contributed by atoms with E-state index < -0.39 is 0 Å². The van der Waals surface area contributed by atoms with E-state index in [-0.39, 0.29) is 11.6 Å². The Bertz CT molecular complexity index is 517. The van der Waals surface area contributed by atoms with Gasteiger partial charge in [-0.15, -0.1) is 0 Å². The predicted molar refractivity (Wildman–Crippen MR) is 62.5 cm³/mol. The van der Waals surface area contributed by atoms with Crippen LogP contribution >= 0.6 is 0 Å². The van der Waals surface area contributed by atoms with Crippen molar-refractivity contribution >= 4 is 11.4 Å². The van der Waals surface area contributed by atoms with Crippen LogP contribution in [0.4, 0.5) is 4.39 Å². The molecule has 1 aromatic rings. The van der Waals surface area contributed by atoms with Crippen LogP contribution in [-0.4, -0.2) is 19.0 Å². The predicted octanol–water partition coefficient (Wildman–Crippen LogP) is 2.76. The number of hydrogen-bond donors (Lipinski definition) is 0. The van der Waals surface area contributed by atoms with Gasteiger partial charge in [-0.05, 0) is 35.6 Å². The summed E-state index contributed by atoms with van der Waals surface area (Å²) >= 11 is 0. The van der Waals surface area contributed by atoms with E-state index in [1.165, 1.54) is 11.6 Å². The lowest BCUT2D eigenvalue weighted by Crippen LogP contribution is -2.06. The molecule has 3 rings (SSSR count). The zero-order chi connectivity index (χ0) is 11.8. The molecule has 0 radical (unpaired) electrons. The molecule has 0 bridgehead atoms. The second kappa shape index (κ2) is 4.08. The number of ketones is 1. The van der Waals surface area contributed by atoms with E-state index in [2.05, 4.69) is 0 Å². The summed E-state index contributed by atoms with van der Waals surface area (Å²) in [5, 5.41) is 0. The molecule has 0 amide bonds. The molecular weight excluding hydrogens is 219 g/mol. The number of rotatable bonds is 1. The number of hydrogen-bond acceptors (Lipinski definition) is 2. The summed E-state index contributed by atoms with van der Waals surface area (Å²) in [6.07, 6.45) is 3.97. The number of ether oxygens (including phenoxy) is 1. The minimum Gasteiger partial charge on any atom is -0.377 e. The van der Waals surface area contributed by atoms with Gasteiger partial charge in [0.1, 0.15) is 5.82 Å². The van der Waals surface area contributed by atoms with Crippen LogP contribution in [0.5, 0.6) is 0 Å². The van der Waals surface area contributed by atoms with E-state index in [1.54, 1.807) is 6.07 Å². The van der Waals surface area contributed by atoms with Gasteiger partial charge in [0.05, 0.1) is 18.8 Å². The molecular formula is C14H13FO2. The Kier molecular flexibility index (Phi) is 2.56.